The quantitative estimate of drug-likeness (QED) is 0.724. The summed E-state index contributed by atoms with van der Waals surface area (Å²) in [6, 6.07) is 3.98. The Morgan fingerprint density at radius 1 is 1.29 bits per heavy atom. The normalized spacial score (nSPS) is 11.0. The van der Waals surface area contributed by atoms with Crippen molar-refractivity contribution < 1.29 is 27.0 Å². The zero-order valence-electron chi connectivity index (χ0n) is 7.17. The van der Waals surface area contributed by atoms with E-state index in [4.69, 9.17) is 9.29 Å². The molecule has 7 heteroatoms. The maximum Gasteiger partial charge on any atom is 0.446 e. The summed E-state index contributed by atoms with van der Waals surface area (Å²) in [7, 11) is -3.34. The fourth-order valence-electron chi connectivity index (χ4n) is 0.848. The van der Waals surface area contributed by atoms with E-state index >= 15 is 0 Å². The van der Waals surface area contributed by atoms with Crippen molar-refractivity contribution in [1.82, 2.24) is 0 Å². The van der Waals surface area contributed by atoms with E-state index in [0.717, 1.165) is 0 Å². The topological polar surface area (TPSA) is 93.1 Å². The maximum absolute atomic E-state index is 10.3. The van der Waals surface area contributed by atoms with Crippen LogP contribution in [0, 0.1) is 0 Å². The fraction of sp³-hybridized carbons (Fsp3) is 0.143. The van der Waals surface area contributed by atoms with Gasteiger partial charge >= 0.3 is 10.4 Å². The lowest BCUT2D eigenvalue weighted by Crippen LogP contribution is -2.06. The van der Waals surface area contributed by atoms with Crippen molar-refractivity contribution in [3.63, 3.8) is 0 Å². The van der Waals surface area contributed by atoms with Gasteiger partial charge < -0.3 is 14.0 Å². The lowest BCUT2D eigenvalue weighted by Gasteiger charge is -2.07. The Bertz CT molecular complexity index is 424. The molecule has 6 nitrogen and oxygen atoms in total. The van der Waals surface area contributed by atoms with Crippen molar-refractivity contribution in [2.75, 3.05) is 7.11 Å². The number of para-hydroxylation sites is 1. The second-order valence-corrected chi connectivity index (χ2v) is 3.34. The highest BCUT2D eigenvalue weighted by atomic mass is 32.3. The van der Waals surface area contributed by atoms with Gasteiger partial charge in [0.15, 0.2) is 11.5 Å². The zero-order chi connectivity index (χ0) is 10.8. The molecule has 0 aliphatic carbocycles. The van der Waals surface area contributed by atoms with E-state index in [1.54, 1.807) is 0 Å². The number of aromatic hydroxyl groups is 1. The molecule has 0 atom stereocenters. The van der Waals surface area contributed by atoms with E-state index in [1.165, 1.54) is 25.3 Å². The number of benzene rings is 1. The largest absolute Gasteiger partial charge is 0.502 e. The predicted octanol–water partition coefficient (Wildman–Crippen LogP) is 0.582. The maximum atomic E-state index is 10.3. The molecule has 1 rings (SSSR count). The van der Waals surface area contributed by atoms with Crippen LogP contribution in [0.2, 0.25) is 0 Å². The first-order valence-electron chi connectivity index (χ1n) is 3.47. The molecule has 1 aromatic rings. The molecule has 0 spiro atoms. The van der Waals surface area contributed by atoms with Gasteiger partial charge in [-0.15, -0.1) is 0 Å². The molecule has 0 saturated carbocycles. The van der Waals surface area contributed by atoms with Gasteiger partial charge in [-0.3, -0.25) is 4.55 Å². The first kappa shape index (κ1) is 10.6. The highest BCUT2D eigenvalue weighted by Gasteiger charge is 2.14. The van der Waals surface area contributed by atoms with Gasteiger partial charge in [-0.2, -0.15) is 8.42 Å². The standard InChI is InChI=1S/C7H8O6S/c1-12-5-3-2-4-6(7(5)8)13-14(9,10)11/h2-4,8H,1H3,(H,9,10,11). The number of ether oxygens (including phenoxy) is 1. The van der Waals surface area contributed by atoms with E-state index in [2.05, 4.69) is 4.18 Å². The predicted molar refractivity (Wildman–Crippen MR) is 46.8 cm³/mol. The molecular weight excluding hydrogens is 212 g/mol. The third kappa shape index (κ3) is 2.51. The monoisotopic (exact) mass is 220 g/mol. The molecule has 0 fully saturated rings. The minimum Gasteiger partial charge on any atom is -0.502 e. The van der Waals surface area contributed by atoms with Crippen molar-refractivity contribution >= 4 is 10.4 Å². The van der Waals surface area contributed by atoms with E-state index in [0.29, 0.717) is 0 Å². The average Bonchev–Trinajstić information content (AvgIpc) is 2.06. The highest BCUT2D eigenvalue weighted by molar-refractivity contribution is 7.81. The SMILES string of the molecule is COc1cccc(OS(=O)(=O)O)c1O. The van der Waals surface area contributed by atoms with Crippen LogP contribution in [0.15, 0.2) is 18.2 Å². The van der Waals surface area contributed by atoms with Gasteiger partial charge in [-0.05, 0) is 12.1 Å². The lowest BCUT2D eigenvalue weighted by atomic mass is 10.3. The second kappa shape index (κ2) is 3.72. The van der Waals surface area contributed by atoms with E-state index in [1.807, 2.05) is 0 Å². The van der Waals surface area contributed by atoms with Gasteiger partial charge in [0.2, 0.25) is 5.75 Å². The number of hydrogen-bond acceptors (Lipinski definition) is 5. The summed E-state index contributed by atoms with van der Waals surface area (Å²) in [5, 5.41) is 9.33. The molecule has 14 heavy (non-hydrogen) atoms. The Morgan fingerprint density at radius 2 is 1.86 bits per heavy atom. The summed E-state index contributed by atoms with van der Waals surface area (Å²) in [5.41, 5.74) is 0. The fourth-order valence-corrected chi connectivity index (χ4v) is 1.21. The van der Waals surface area contributed by atoms with Gasteiger partial charge in [-0.1, -0.05) is 6.07 Å². The summed E-state index contributed by atoms with van der Waals surface area (Å²) in [5.74, 6) is -0.842. The van der Waals surface area contributed by atoms with Crippen LogP contribution in [0.5, 0.6) is 17.2 Å². The van der Waals surface area contributed by atoms with Gasteiger partial charge in [0, 0.05) is 0 Å². The van der Waals surface area contributed by atoms with Crippen LogP contribution in [0.1, 0.15) is 0 Å². The van der Waals surface area contributed by atoms with Gasteiger partial charge in [0.1, 0.15) is 0 Å². The van der Waals surface area contributed by atoms with Crippen molar-refractivity contribution in [1.29, 1.82) is 0 Å². The number of hydrogen-bond donors (Lipinski definition) is 2. The lowest BCUT2D eigenvalue weighted by molar-refractivity contribution is 0.347. The summed E-state index contributed by atoms with van der Waals surface area (Å²) < 4.78 is 37.8. The Kier molecular flexibility index (Phi) is 2.82. The number of rotatable bonds is 3. The molecule has 0 saturated heterocycles. The molecule has 0 aliphatic heterocycles. The Labute approximate surface area is 80.7 Å². The third-order valence-corrected chi connectivity index (χ3v) is 1.77. The number of phenolic OH excluding ortho intramolecular Hbond substituents is 1. The van der Waals surface area contributed by atoms with Crippen molar-refractivity contribution in [3.05, 3.63) is 18.2 Å². The molecule has 0 aliphatic rings. The number of phenols is 1. The minimum absolute atomic E-state index is 0.0474. The molecule has 0 heterocycles. The van der Waals surface area contributed by atoms with E-state index in [-0.39, 0.29) is 5.75 Å². The summed E-state index contributed by atoms with van der Waals surface area (Å²) in [6.45, 7) is 0. The Balaban J connectivity index is 3.10. The zero-order valence-corrected chi connectivity index (χ0v) is 7.98. The molecule has 0 unspecified atom stereocenters. The third-order valence-electron chi connectivity index (χ3n) is 1.38. The molecule has 78 valence electrons. The minimum atomic E-state index is -4.64. The van der Waals surface area contributed by atoms with Crippen LogP contribution < -0.4 is 8.92 Å². The highest BCUT2D eigenvalue weighted by Crippen LogP contribution is 2.35. The second-order valence-electron chi connectivity index (χ2n) is 2.32. The van der Waals surface area contributed by atoms with Crippen LogP contribution in [0.4, 0.5) is 0 Å². The number of methoxy groups -OCH3 is 1. The van der Waals surface area contributed by atoms with E-state index < -0.39 is 21.9 Å². The molecule has 0 bridgehead atoms. The molecular formula is C7H8O6S. The van der Waals surface area contributed by atoms with E-state index in [9.17, 15) is 13.5 Å². The Hall–Kier alpha value is -1.47. The van der Waals surface area contributed by atoms with Crippen LogP contribution >= 0.6 is 0 Å². The molecule has 0 radical (unpaired) electrons. The van der Waals surface area contributed by atoms with Crippen LogP contribution in [-0.4, -0.2) is 25.2 Å². The van der Waals surface area contributed by atoms with Crippen molar-refractivity contribution in [2.24, 2.45) is 0 Å². The summed E-state index contributed by atoms with van der Waals surface area (Å²) in [4.78, 5) is 0. The van der Waals surface area contributed by atoms with Crippen molar-refractivity contribution in [3.8, 4) is 17.2 Å². The van der Waals surface area contributed by atoms with Crippen LogP contribution in [0.25, 0.3) is 0 Å². The molecule has 1 aromatic carbocycles. The van der Waals surface area contributed by atoms with Crippen LogP contribution in [-0.2, 0) is 10.4 Å². The van der Waals surface area contributed by atoms with Gasteiger partial charge in [-0.25, -0.2) is 0 Å². The average molecular weight is 220 g/mol. The summed E-state index contributed by atoms with van der Waals surface area (Å²) in [6.07, 6.45) is 0. The molecule has 0 amide bonds. The first-order valence-corrected chi connectivity index (χ1v) is 4.83. The molecule has 2 N–H and O–H groups in total. The smallest absolute Gasteiger partial charge is 0.446 e. The van der Waals surface area contributed by atoms with Crippen molar-refractivity contribution in [2.45, 2.75) is 0 Å². The van der Waals surface area contributed by atoms with Gasteiger partial charge in [0.25, 0.3) is 0 Å². The molecule has 0 aromatic heterocycles. The Morgan fingerprint density at radius 3 is 2.36 bits per heavy atom. The first-order chi connectivity index (χ1) is 6.44. The van der Waals surface area contributed by atoms with Gasteiger partial charge in [0.05, 0.1) is 7.11 Å². The van der Waals surface area contributed by atoms with Crippen LogP contribution in [0.3, 0.4) is 0 Å². The summed E-state index contributed by atoms with van der Waals surface area (Å²) >= 11 is 0.